The number of nitrogen functional groups attached to an aromatic ring is 1. The molecule has 1 aromatic carbocycles. The monoisotopic (exact) mass is 302 g/mol. The van der Waals surface area contributed by atoms with E-state index >= 15 is 0 Å². The number of hydrogen-bond acceptors (Lipinski definition) is 5. The first-order chi connectivity index (χ1) is 9.61. The van der Waals surface area contributed by atoms with E-state index in [9.17, 15) is 10.1 Å². The summed E-state index contributed by atoms with van der Waals surface area (Å²) >= 11 is 6.96. The Kier molecular flexibility index (Phi) is 2.93. The molecule has 0 saturated heterocycles. The molecule has 3 aromatic rings. The number of rotatable bonds is 1. The SMILES string of the molecule is N#Cc1c(N)nc2s[nH]c(=O)c2c1-c1ccc(Cl)cc1. The Morgan fingerprint density at radius 3 is 2.70 bits per heavy atom. The molecule has 5 nitrogen and oxygen atoms in total. The van der Waals surface area contributed by atoms with Crippen LogP contribution in [0.25, 0.3) is 21.3 Å². The number of H-pyrrole nitrogens is 1. The summed E-state index contributed by atoms with van der Waals surface area (Å²) < 4.78 is 2.61. The second-order valence-corrected chi connectivity index (χ2v) is 5.31. The van der Waals surface area contributed by atoms with Crippen LogP contribution in [-0.2, 0) is 0 Å². The van der Waals surface area contributed by atoms with E-state index in [2.05, 4.69) is 9.36 Å². The van der Waals surface area contributed by atoms with Crippen LogP contribution in [0, 0.1) is 11.3 Å². The van der Waals surface area contributed by atoms with Crippen molar-refractivity contribution in [1.29, 1.82) is 5.26 Å². The third-order valence-electron chi connectivity index (χ3n) is 2.90. The highest BCUT2D eigenvalue weighted by Crippen LogP contribution is 2.33. The summed E-state index contributed by atoms with van der Waals surface area (Å²) in [5, 5.41) is 10.2. The number of benzene rings is 1. The van der Waals surface area contributed by atoms with Crippen molar-refractivity contribution in [3.05, 3.63) is 45.2 Å². The van der Waals surface area contributed by atoms with E-state index in [1.54, 1.807) is 24.3 Å². The summed E-state index contributed by atoms with van der Waals surface area (Å²) in [7, 11) is 0. The molecule has 0 radical (unpaired) electrons. The van der Waals surface area contributed by atoms with Gasteiger partial charge in [0.1, 0.15) is 22.3 Å². The maximum atomic E-state index is 12.0. The third-order valence-corrected chi connectivity index (χ3v) is 3.93. The van der Waals surface area contributed by atoms with Gasteiger partial charge in [0.05, 0.1) is 5.39 Å². The average molecular weight is 303 g/mol. The predicted molar refractivity (Wildman–Crippen MR) is 79.8 cm³/mol. The van der Waals surface area contributed by atoms with Crippen LogP contribution < -0.4 is 11.3 Å². The zero-order valence-electron chi connectivity index (χ0n) is 9.98. The molecular weight excluding hydrogens is 296 g/mol. The van der Waals surface area contributed by atoms with Crippen LogP contribution in [0.15, 0.2) is 29.1 Å². The third kappa shape index (κ3) is 1.84. The molecule has 2 aromatic heterocycles. The highest BCUT2D eigenvalue weighted by atomic mass is 35.5. The lowest BCUT2D eigenvalue weighted by Gasteiger charge is -2.07. The number of nitriles is 1. The quantitative estimate of drug-likeness (QED) is 0.722. The summed E-state index contributed by atoms with van der Waals surface area (Å²) in [5.41, 5.74) is 6.92. The van der Waals surface area contributed by atoms with Crippen molar-refractivity contribution in [2.75, 3.05) is 5.73 Å². The standard InChI is InChI=1S/C13H7ClN4OS/c14-7-3-1-6(2-4-7)9-8(5-15)11(16)17-13-10(9)12(19)18-20-13/h1-4H,(H2,16,17)(H,18,19). The van der Waals surface area contributed by atoms with E-state index in [0.717, 1.165) is 11.5 Å². The van der Waals surface area contributed by atoms with Crippen molar-refractivity contribution in [2.24, 2.45) is 0 Å². The number of aromatic amines is 1. The van der Waals surface area contributed by atoms with E-state index < -0.39 is 0 Å². The number of halogens is 1. The molecule has 0 amide bonds. The lowest BCUT2D eigenvalue weighted by Crippen LogP contribution is -2.04. The molecule has 7 heteroatoms. The fourth-order valence-corrected chi connectivity index (χ4v) is 2.89. The summed E-state index contributed by atoms with van der Waals surface area (Å²) in [6.07, 6.45) is 0. The lowest BCUT2D eigenvalue weighted by atomic mass is 9.99. The van der Waals surface area contributed by atoms with Crippen molar-refractivity contribution in [3.63, 3.8) is 0 Å². The molecule has 20 heavy (non-hydrogen) atoms. The zero-order chi connectivity index (χ0) is 14.3. The van der Waals surface area contributed by atoms with Gasteiger partial charge in [0, 0.05) is 10.6 Å². The smallest absolute Gasteiger partial charge is 0.268 e. The van der Waals surface area contributed by atoms with Crippen LogP contribution in [-0.4, -0.2) is 9.36 Å². The molecular formula is C13H7ClN4OS. The van der Waals surface area contributed by atoms with Gasteiger partial charge in [-0.05, 0) is 29.2 Å². The van der Waals surface area contributed by atoms with Gasteiger partial charge >= 0.3 is 0 Å². The number of pyridine rings is 1. The first kappa shape index (κ1) is 12.7. The van der Waals surface area contributed by atoms with Gasteiger partial charge in [0.2, 0.25) is 0 Å². The molecule has 2 heterocycles. The van der Waals surface area contributed by atoms with Crippen molar-refractivity contribution in [3.8, 4) is 17.2 Å². The highest BCUT2D eigenvalue weighted by molar-refractivity contribution is 7.12. The maximum absolute atomic E-state index is 12.0. The number of fused-ring (bicyclic) bond motifs is 1. The summed E-state index contributed by atoms with van der Waals surface area (Å²) in [6.45, 7) is 0. The van der Waals surface area contributed by atoms with Crippen molar-refractivity contribution in [2.45, 2.75) is 0 Å². The van der Waals surface area contributed by atoms with Gasteiger partial charge in [-0.1, -0.05) is 23.7 Å². The van der Waals surface area contributed by atoms with E-state index in [0.29, 0.717) is 26.4 Å². The Labute approximate surface area is 122 Å². The fraction of sp³-hybridized carbons (Fsp3) is 0. The second kappa shape index (κ2) is 4.63. The molecule has 3 rings (SSSR count). The van der Waals surface area contributed by atoms with Gasteiger partial charge in [-0.3, -0.25) is 9.17 Å². The van der Waals surface area contributed by atoms with Crippen LogP contribution in [0.4, 0.5) is 5.82 Å². The molecule has 0 aliphatic rings. The first-order valence-corrected chi connectivity index (χ1v) is 6.78. The second-order valence-electron chi connectivity index (χ2n) is 4.08. The highest BCUT2D eigenvalue weighted by Gasteiger charge is 2.18. The Morgan fingerprint density at radius 1 is 1.35 bits per heavy atom. The molecule has 98 valence electrons. The zero-order valence-corrected chi connectivity index (χ0v) is 11.5. The number of nitrogens with two attached hydrogens (primary N) is 1. The number of aromatic nitrogens is 2. The van der Waals surface area contributed by atoms with Crippen molar-refractivity contribution < 1.29 is 0 Å². The first-order valence-electron chi connectivity index (χ1n) is 5.58. The van der Waals surface area contributed by atoms with E-state index in [1.165, 1.54) is 0 Å². The molecule has 0 aliphatic heterocycles. The Bertz CT molecular complexity index is 905. The molecule has 0 fully saturated rings. The van der Waals surface area contributed by atoms with Gasteiger partial charge in [0.25, 0.3) is 5.56 Å². The average Bonchev–Trinajstić information content (AvgIpc) is 2.79. The van der Waals surface area contributed by atoms with Gasteiger partial charge < -0.3 is 5.73 Å². The lowest BCUT2D eigenvalue weighted by molar-refractivity contribution is 1.38. The van der Waals surface area contributed by atoms with E-state index in [-0.39, 0.29) is 16.9 Å². The Balaban J connectivity index is 2.49. The van der Waals surface area contributed by atoms with Crippen molar-refractivity contribution >= 4 is 39.2 Å². The largest absolute Gasteiger partial charge is 0.383 e. The Hall–Kier alpha value is -2.36. The number of hydrogen-bond donors (Lipinski definition) is 2. The molecule has 0 spiro atoms. The molecule has 0 atom stereocenters. The minimum Gasteiger partial charge on any atom is -0.383 e. The van der Waals surface area contributed by atoms with Crippen LogP contribution in [0.2, 0.25) is 5.02 Å². The van der Waals surface area contributed by atoms with Crippen LogP contribution in [0.3, 0.4) is 0 Å². The number of nitrogens with zero attached hydrogens (tertiary/aromatic N) is 2. The van der Waals surface area contributed by atoms with Gasteiger partial charge in [0.15, 0.2) is 0 Å². The molecule has 0 saturated carbocycles. The number of nitrogens with one attached hydrogen (secondary N) is 1. The van der Waals surface area contributed by atoms with Gasteiger partial charge in [-0.15, -0.1) is 0 Å². The Morgan fingerprint density at radius 2 is 2.05 bits per heavy atom. The molecule has 0 unspecified atom stereocenters. The minimum absolute atomic E-state index is 0.111. The molecule has 3 N–H and O–H groups in total. The topological polar surface area (TPSA) is 95.6 Å². The normalized spacial score (nSPS) is 10.6. The van der Waals surface area contributed by atoms with E-state index in [4.69, 9.17) is 17.3 Å². The summed E-state index contributed by atoms with van der Waals surface area (Å²) in [5.74, 6) is 0.111. The minimum atomic E-state index is -0.279. The summed E-state index contributed by atoms with van der Waals surface area (Å²) in [4.78, 5) is 16.5. The van der Waals surface area contributed by atoms with Crippen LogP contribution in [0.5, 0.6) is 0 Å². The maximum Gasteiger partial charge on any atom is 0.268 e. The van der Waals surface area contributed by atoms with Crippen LogP contribution in [0.1, 0.15) is 5.56 Å². The van der Waals surface area contributed by atoms with Crippen LogP contribution >= 0.6 is 23.1 Å². The number of anilines is 1. The fourth-order valence-electron chi connectivity index (χ4n) is 2.03. The van der Waals surface area contributed by atoms with Crippen molar-refractivity contribution in [1.82, 2.24) is 9.36 Å². The van der Waals surface area contributed by atoms with E-state index in [1.807, 2.05) is 6.07 Å². The van der Waals surface area contributed by atoms with Gasteiger partial charge in [-0.2, -0.15) is 5.26 Å². The summed E-state index contributed by atoms with van der Waals surface area (Å²) in [6, 6.07) is 8.90. The molecule has 0 aliphatic carbocycles. The predicted octanol–water partition coefficient (Wildman–Crippen LogP) is 2.76. The molecule has 0 bridgehead atoms. The van der Waals surface area contributed by atoms with Gasteiger partial charge in [-0.25, -0.2) is 4.98 Å².